The van der Waals surface area contributed by atoms with Gasteiger partial charge in [-0.15, -0.1) is 0 Å². The van der Waals surface area contributed by atoms with Crippen molar-refractivity contribution in [3.63, 3.8) is 0 Å². The molecule has 0 aromatic rings. The lowest BCUT2D eigenvalue weighted by Gasteiger charge is -2.04. The molecule has 0 spiro atoms. The molecule has 66 valence electrons. The number of hydrogen-bond acceptors (Lipinski definition) is 4. The van der Waals surface area contributed by atoms with Crippen LogP contribution < -0.4 is 0 Å². The number of hydrogen-bond donors (Lipinski definition) is 0. The van der Waals surface area contributed by atoms with Gasteiger partial charge >= 0.3 is 5.97 Å². The first-order valence-electron chi connectivity index (χ1n) is 3.56. The molecular formula is C8H11NO3. The van der Waals surface area contributed by atoms with Gasteiger partial charge < -0.3 is 0 Å². The summed E-state index contributed by atoms with van der Waals surface area (Å²) < 4.78 is 0. The fourth-order valence-corrected chi connectivity index (χ4v) is 0.341. The van der Waals surface area contributed by atoms with Crippen molar-refractivity contribution in [3.05, 3.63) is 12.2 Å². The summed E-state index contributed by atoms with van der Waals surface area (Å²) in [4.78, 5) is 19.5. The molecule has 0 rings (SSSR count). The van der Waals surface area contributed by atoms with Crippen LogP contribution in [-0.2, 0) is 14.6 Å². The standard InChI is InChI=1S/C8H11NO3/c1-4-6(2)8(10)12-11-7(3)5-9/h7H,2,4H2,1,3H3. The Morgan fingerprint density at radius 1 is 1.75 bits per heavy atom. The van der Waals surface area contributed by atoms with E-state index in [4.69, 9.17) is 5.26 Å². The summed E-state index contributed by atoms with van der Waals surface area (Å²) in [5.41, 5.74) is 0.320. The van der Waals surface area contributed by atoms with E-state index in [0.717, 1.165) is 0 Å². The fraction of sp³-hybridized carbons (Fsp3) is 0.500. The molecule has 0 heterocycles. The van der Waals surface area contributed by atoms with Gasteiger partial charge in [0.25, 0.3) is 0 Å². The van der Waals surface area contributed by atoms with Gasteiger partial charge in [0.1, 0.15) is 0 Å². The van der Waals surface area contributed by atoms with Crippen molar-refractivity contribution < 1.29 is 14.6 Å². The van der Waals surface area contributed by atoms with Gasteiger partial charge in [0.05, 0.1) is 6.07 Å². The summed E-state index contributed by atoms with van der Waals surface area (Å²) in [6.07, 6.45) is -0.248. The third-order valence-corrected chi connectivity index (χ3v) is 1.17. The molecule has 1 unspecified atom stereocenters. The maximum absolute atomic E-state index is 10.8. The van der Waals surface area contributed by atoms with Crippen LogP contribution in [0, 0.1) is 11.3 Å². The van der Waals surface area contributed by atoms with Gasteiger partial charge in [0.15, 0.2) is 6.10 Å². The van der Waals surface area contributed by atoms with E-state index in [9.17, 15) is 4.79 Å². The van der Waals surface area contributed by atoms with Gasteiger partial charge in [-0.1, -0.05) is 13.5 Å². The second-order valence-corrected chi connectivity index (χ2v) is 2.20. The molecule has 0 saturated carbocycles. The molecule has 0 fully saturated rings. The molecule has 4 nitrogen and oxygen atoms in total. The summed E-state index contributed by atoms with van der Waals surface area (Å²) in [6.45, 7) is 6.69. The lowest BCUT2D eigenvalue weighted by Crippen LogP contribution is -2.12. The SMILES string of the molecule is C=C(CC)C(=O)OOC(C)C#N. The second kappa shape index (κ2) is 5.33. The first-order valence-corrected chi connectivity index (χ1v) is 3.56. The van der Waals surface area contributed by atoms with Crippen LogP contribution in [0.1, 0.15) is 20.3 Å². The Balaban J connectivity index is 3.73. The minimum Gasteiger partial charge on any atom is -0.292 e. The van der Waals surface area contributed by atoms with Crippen LogP contribution in [0.3, 0.4) is 0 Å². The number of nitriles is 1. The molecule has 0 aliphatic heterocycles. The largest absolute Gasteiger partial charge is 0.368 e. The van der Waals surface area contributed by atoms with Crippen LogP contribution in [0.25, 0.3) is 0 Å². The molecule has 0 N–H and O–H groups in total. The average Bonchev–Trinajstić information content (AvgIpc) is 2.11. The molecule has 0 aliphatic carbocycles. The highest BCUT2D eigenvalue weighted by Crippen LogP contribution is 2.01. The van der Waals surface area contributed by atoms with Crippen molar-refractivity contribution in [2.75, 3.05) is 0 Å². The quantitative estimate of drug-likeness (QED) is 0.362. The van der Waals surface area contributed by atoms with E-state index >= 15 is 0 Å². The van der Waals surface area contributed by atoms with Crippen LogP contribution in [-0.4, -0.2) is 12.1 Å². The van der Waals surface area contributed by atoms with Crippen molar-refractivity contribution in [1.29, 1.82) is 5.26 Å². The number of nitrogens with zero attached hydrogens (tertiary/aromatic N) is 1. The van der Waals surface area contributed by atoms with Gasteiger partial charge in [-0.25, -0.2) is 4.79 Å². The van der Waals surface area contributed by atoms with Gasteiger partial charge in [0.2, 0.25) is 0 Å². The monoisotopic (exact) mass is 169 g/mol. The molecule has 0 amide bonds. The molecule has 0 radical (unpaired) electrons. The lowest BCUT2D eigenvalue weighted by atomic mass is 10.2. The highest BCUT2D eigenvalue weighted by atomic mass is 17.2. The minimum atomic E-state index is -0.751. The van der Waals surface area contributed by atoms with Gasteiger partial charge in [-0.05, 0) is 13.3 Å². The van der Waals surface area contributed by atoms with Crippen LogP contribution >= 0.6 is 0 Å². The lowest BCUT2D eigenvalue weighted by molar-refractivity contribution is -0.280. The molecule has 1 atom stereocenters. The molecular weight excluding hydrogens is 158 g/mol. The molecule has 0 saturated heterocycles. The summed E-state index contributed by atoms with van der Waals surface area (Å²) in [7, 11) is 0. The van der Waals surface area contributed by atoms with Crippen LogP contribution in [0.15, 0.2) is 12.2 Å². The molecule has 0 aromatic carbocycles. The van der Waals surface area contributed by atoms with Crippen molar-refractivity contribution in [3.8, 4) is 6.07 Å². The Labute approximate surface area is 71.3 Å². The topological polar surface area (TPSA) is 59.3 Å². The first kappa shape index (κ1) is 10.7. The molecule has 12 heavy (non-hydrogen) atoms. The highest BCUT2D eigenvalue weighted by Gasteiger charge is 2.09. The second-order valence-electron chi connectivity index (χ2n) is 2.20. The van der Waals surface area contributed by atoms with Gasteiger partial charge in [-0.3, -0.25) is 4.89 Å². The predicted octanol–water partition coefficient (Wildman–Crippen LogP) is 1.34. The van der Waals surface area contributed by atoms with Crippen molar-refractivity contribution >= 4 is 5.97 Å². The van der Waals surface area contributed by atoms with Crippen molar-refractivity contribution in [2.24, 2.45) is 0 Å². The molecule has 0 aliphatic rings. The summed E-state index contributed by atoms with van der Waals surface area (Å²) >= 11 is 0. The van der Waals surface area contributed by atoms with Crippen molar-refractivity contribution in [2.45, 2.75) is 26.4 Å². The Morgan fingerprint density at radius 2 is 2.33 bits per heavy atom. The third kappa shape index (κ3) is 3.74. The Morgan fingerprint density at radius 3 is 2.75 bits per heavy atom. The minimum absolute atomic E-state index is 0.320. The van der Waals surface area contributed by atoms with E-state index in [1.165, 1.54) is 6.92 Å². The zero-order chi connectivity index (χ0) is 9.56. The summed E-state index contributed by atoms with van der Waals surface area (Å²) in [6, 6.07) is 1.75. The van der Waals surface area contributed by atoms with Crippen LogP contribution in [0.5, 0.6) is 0 Å². The maximum atomic E-state index is 10.8. The molecule has 0 aromatic heterocycles. The summed E-state index contributed by atoms with van der Waals surface area (Å²) in [5, 5.41) is 8.25. The summed E-state index contributed by atoms with van der Waals surface area (Å²) in [5.74, 6) is -0.625. The number of carbonyl (C=O) groups is 1. The molecule has 0 bridgehead atoms. The average molecular weight is 169 g/mol. The van der Waals surface area contributed by atoms with Crippen molar-refractivity contribution in [1.82, 2.24) is 0 Å². The maximum Gasteiger partial charge on any atom is 0.368 e. The Bertz CT molecular complexity index is 217. The van der Waals surface area contributed by atoms with Crippen LogP contribution in [0.4, 0.5) is 0 Å². The highest BCUT2D eigenvalue weighted by molar-refractivity contribution is 5.87. The Hall–Kier alpha value is -1.34. The van der Waals surface area contributed by atoms with E-state index in [0.29, 0.717) is 12.0 Å². The third-order valence-electron chi connectivity index (χ3n) is 1.17. The van der Waals surface area contributed by atoms with Gasteiger partial charge in [-0.2, -0.15) is 10.1 Å². The predicted molar refractivity (Wildman–Crippen MR) is 41.7 cm³/mol. The number of carbonyl (C=O) groups excluding carboxylic acids is 1. The van der Waals surface area contributed by atoms with E-state index in [2.05, 4.69) is 16.4 Å². The van der Waals surface area contributed by atoms with E-state index in [1.54, 1.807) is 13.0 Å². The van der Waals surface area contributed by atoms with Gasteiger partial charge in [0, 0.05) is 5.57 Å². The first-order chi connectivity index (χ1) is 5.61. The molecule has 4 heteroatoms. The fourth-order valence-electron chi connectivity index (χ4n) is 0.341. The van der Waals surface area contributed by atoms with Crippen LogP contribution in [0.2, 0.25) is 0 Å². The Kier molecular flexibility index (Phi) is 4.73. The smallest absolute Gasteiger partial charge is 0.292 e. The van der Waals surface area contributed by atoms with E-state index in [-0.39, 0.29) is 0 Å². The zero-order valence-corrected chi connectivity index (χ0v) is 7.16. The normalized spacial score (nSPS) is 11.4. The van der Waals surface area contributed by atoms with E-state index in [1.807, 2.05) is 0 Å². The zero-order valence-electron chi connectivity index (χ0n) is 7.16. The number of rotatable bonds is 4. The van der Waals surface area contributed by atoms with E-state index < -0.39 is 12.1 Å².